The number of hydrogen-bond acceptors (Lipinski definition) is 4. The van der Waals surface area contributed by atoms with Crippen molar-refractivity contribution in [3.8, 4) is 5.75 Å². The largest absolute Gasteiger partial charge is 0.496 e. The summed E-state index contributed by atoms with van der Waals surface area (Å²) in [5.41, 5.74) is -0.0632. The molecule has 116 valence electrons. The van der Waals surface area contributed by atoms with Crippen LogP contribution in [-0.2, 0) is 9.53 Å². The zero-order chi connectivity index (χ0) is 16.0. The van der Waals surface area contributed by atoms with E-state index in [1.54, 1.807) is 45.0 Å². The van der Waals surface area contributed by atoms with Gasteiger partial charge in [0.1, 0.15) is 11.4 Å². The molecule has 0 aliphatic heterocycles. The van der Waals surface area contributed by atoms with E-state index >= 15 is 0 Å². The third kappa shape index (κ3) is 5.72. The predicted octanol–water partition coefficient (Wildman–Crippen LogP) is 2.74. The third-order valence-corrected chi connectivity index (χ3v) is 2.58. The van der Waals surface area contributed by atoms with E-state index in [0.717, 1.165) is 0 Å². The zero-order valence-electron chi connectivity index (χ0n) is 12.7. The van der Waals surface area contributed by atoms with Crippen molar-refractivity contribution in [2.75, 3.05) is 7.11 Å². The SMILES string of the molecule is COc1ccccc1C(CC(=O)O)NC(=O)OC(C)(C)C. The summed E-state index contributed by atoms with van der Waals surface area (Å²) in [5.74, 6) is -0.512. The molecule has 0 radical (unpaired) electrons. The van der Waals surface area contributed by atoms with Crippen LogP contribution < -0.4 is 10.1 Å². The maximum atomic E-state index is 11.9. The number of benzene rings is 1. The van der Waals surface area contributed by atoms with Crippen molar-refractivity contribution in [2.24, 2.45) is 0 Å². The van der Waals surface area contributed by atoms with Crippen LogP contribution in [0.4, 0.5) is 4.79 Å². The second kappa shape index (κ2) is 6.97. The van der Waals surface area contributed by atoms with Gasteiger partial charge in [0.15, 0.2) is 0 Å². The molecule has 0 aromatic heterocycles. The Labute approximate surface area is 124 Å². The van der Waals surface area contributed by atoms with Gasteiger partial charge in [-0.05, 0) is 26.8 Å². The van der Waals surface area contributed by atoms with Crippen LogP contribution in [0.3, 0.4) is 0 Å². The Hall–Kier alpha value is -2.24. The van der Waals surface area contributed by atoms with Gasteiger partial charge in [0.25, 0.3) is 0 Å². The minimum absolute atomic E-state index is 0.264. The summed E-state index contributed by atoms with van der Waals surface area (Å²) >= 11 is 0. The molecule has 0 heterocycles. The third-order valence-electron chi connectivity index (χ3n) is 2.58. The van der Waals surface area contributed by atoms with E-state index in [2.05, 4.69) is 5.32 Å². The summed E-state index contributed by atoms with van der Waals surface area (Å²) in [4.78, 5) is 22.9. The van der Waals surface area contributed by atoms with Gasteiger partial charge in [0.2, 0.25) is 0 Å². The van der Waals surface area contributed by atoms with Crippen molar-refractivity contribution in [1.82, 2.24) is 5.32 Å². The van der Waals surface area contributed by atoms with E-state index in [1.807, 2.05) is 0 Å². The molecule has 0 bridgehead atoms. The van der Waals surface area contributed by atoms with Gasteiger partial charge in [0.05, 0.1) is 19.6 Å². The number of amides is 1. The first-order valence-corrected chi connectivity index (χ1v) is 6.57. The van der Waals surface area contributed by atoms with E-state index in [4.69, 9.17) is 14.6 Å². The van der Waals surface area contributed by atoms with Crippen LogP contribution in [0.2, 0.25) is 0 Å². The Morgan fingerprint density at radius 1 is 1.29 bits per heavy atom. The number of aliphatic carboxylic acids is 1. The van der Waals surface area contributed by atoms with E-state index < -0.39 is 23.7 Å². The summed E-state index contributed by atoms with van der Waals surface area (Å²) in [6.45, 7) is 5.21. The molecule has 1 aromatic carbocycles. The number of rotatable bonds is 5. The first kappa shape index (κ1) is 16.8. The number of alkyl carbamates (subject to hydrolysis) is 1. The highest BCUT2D eigenvalue weighted by molar-refractivity contribution is 5.72. The maximum Gasteiger partial charge on any atom is 0.408 e. The number of ether oxygens (including phenoxy) is 2. The number of hydrogen-bond donors (Lipinski definition) is 2. The lowest BCUT2D eigenvalue weighted by molar-refractivity contribution is -0.137. The van der Waals surface area contributed by atoms with Gasteiger partial charge in [-0.3, -0.25) is 4.79 Å². The topological polar surface area (TPSA) is 84.9 Å². The molecule has 21 heavy (non-hydrogen) atoms. The lowest BCUT2D eigenvalue weighted by atomic mass is 10.0. The number of carbonyl (C=O) groups is 2. The molecule has 0 saturated heterocycles. The molecule has 1 amide bonds. The number of carboxylic acids is 1. The number of methoxy groups -OCH3 is 1. The maximum absolute atomic E-state index is 11.9. The van der Waals surface area contributed by atoms with Gasteiger partial charge in [-0.15, -0.1) is 0 Å². The van der Waals surface area contributed by atoms with E-state index in [1.165, 1.54) is 7.11 Å². The van der Waals surface area contributed by atoms with Crippen molar-refractivity contribution in [3.05, 3.63) is 29.8 Å². The molecule has 2 N–H and O–H groups in total. The van der Waals surface area contributed by atoms with Gasteiger partial charge in [-0.1, -0.05) is 18.2 Å². The van der Waals surface area contributed by atoms with Crippen molar-refractivity contribution >= 4 is 12.1 Å². The minimum Gasteiger partial charge on any atom is -0.496 e. The first-order chi connectivity index (χ1) is 9.73. The molecule has 6 heteroatoms. The lowest BCUT2D eigenvalue weighted by Gasteiger charge is -2.24. The van der Waals surface area contributed by atoms with Crippen molar-refractivity contribution in [2.45, 2.75) is 38.8 Å². The molecule has 1 aromatic rings. The molecule has 1 unspecified atom stereocenters. The van der Waals surface area contributed by atoms with E-state index in [0.29, 0.717) is 11.3 Å². The van der Waals surface area contributed by atoms with Crippen LogP contribution in [0.15, 0.2) is 24.3 Å². The van der Waals surface area contributed by atoms with Gasteiger partial charge >= 0.3 is 12.1 Å². The monoisotopic (exact) mass is 295 g/mol. The Morgan fingerprint density at radius 2 is 1.90 bits per heavy atom. The van der Waals surface area contributed by atoms with Gasteiger partial charge in [-0.25, -0.2) is 4.79 Å². The van der Waals surface area contributed by atoms with Crippen molar-refractivity contribution in [3.63, 3.8) is 0 Å². The Balaban J connectivity index is 2.95. The fraction of sp³-hybridized carbons (Fsp3) is 0.467. The molecular weight excluding hydrogens is 274 g/mol. The summed E-state index contributed by atoms with van der Waals surface area (Å²) < 4.78 is 10.4. The smallest absolute Gasteiger partial charge is 0.408 e. The number of nitrogens with one attached hydrogen (secondary N) is 1. The molecule has 1 atom stereocenters. The van der Waals surface area contributed by atoms with Crippen molar-refractivity contribution < 1.29 is 24.2 Å². The molecule has 0 aliphatic rings. The molecule has 0 aliphatic carbocycles. The van der Waals surface area contributed by atoms with Crippen LogP contribution in [0.5, 0.6) is 5.75 Å². The summed E-state index contributed by atoms with van der Waals surface area (Å²) in [5, 5.41) is 11.6. The fourth-order valence-corrected chi connectivity index (χ4v) is 1.82. The van der Waals surface area contributed by atoms with Gasteiger partial charge < -0.3 is 19.9 Å². The van der Waals surface area contributed by atoms with E-state index in [-0.39, 0.29) is 6.42 Å². The summed E-state index contributed by atoms with van der Waals surface area (Å²) in [6.07, 6.45) is -0.931. The highest BCUT2D eigenvalue weighted by Crippen LogP contribution is 2.27. The van der Waals surface area contributed by atoms with Crippen LogP contribution in [0, 0.1) is 0 Å². The average Bonchev–Trinajstić information content (AvgIpc) is 2.35. The van der Waals surface area contributed by atoms with E-state index in [9.17, 15) is 9.59 Å². The number of carboxylic acid groups (broad SMARTS) is 1. The minimum atomic E-state index is -1.03. The molecule has 0 fully saturated rings. The molecular formula is C15H21NO5. The Morgan fingerprint density at radius 3 is 2.43 bits per heavy atom. The molecule has 6 nitrogen and oxygen atoms in total. The van der Waals surface area contributed by atoms with Crippen molar-refractivity contribution in [1.29, 1.82) is 0 Å². The second-order valence-corrected chi connectivity index (χ2v) is 5.54. The fourth-order valence-electron chi connectivity index (χ4n) is 1.82. The summed E-state index contributed by atoms with van der Waals surface area (Å²) in [7, 11) is 1.49. The van der Waals surface area contributed by atoms with Crippen LogP contribution in [0.1, 0.15) is 38.8 Å². The normalized spacial score (nSPS) is 12.4. The molecule has 0 saturated carbocycles. The predicted molar refractivity (Wildman–Crippen MR) is 77.4 cm³/mol. The summed E-state index contributed by atoms with van der Waals surface area (Å²) in [6, 6.07) is 6.22. The lowest BCUT2D eigenvalue weighted by Crippen LogP contribution is -2.36. The average molecular weight is 295 g/mol. The number of para-hydroxylation sites is 1. The van der Waals surface area contributed by atoms with Crippen LogP contribution >= 0.6 is 0 Å². The van der Waals surface area contributed by atoms with Crippen LogP contribution in [-0.4, -0.2) is 29.9 Å². The van der Waals surface area contributed by atoms with Gasteiger partial charge in [-0.2, -0.15) is 0 Å². The van der Waals surface area contributed by atoms with Crippen LogP contribution in [0.25, 0.3) is 0 Å². The number of carbonyl (C=O) groups excluding carboxylic acids is 1. The molecule has 0 spiro atoms. The Bertz CT molecular complexity index is 507. The highest BCUT2D eigenvalue weighted by Gasteiger charge is 2.24. The van der Waals surface area contributed by atoms with Gasteiger partial charge in [0, 0.05) is 5.56 Å². The standard InChI is InChI=1S/C15H21NO5/c1-15(2,3)21-14(19)16-11(9-13(17)18)10-7-5-6-8-12(10)20-4/h5-8,11H,9H2,1-4H3,(H,16,19)(H,17,18). The Kier molecular flexibility index (Phi) is 5.58. The highest BCUT2D eigenvalue weighted by atomic mass is 16.6. The molecule has 1 rings (SSSR count). The second-order valence-electron chi connectivity index (χ2n) is 5.54. The quantitative estimate of drug-likeness (QED) is 0.872. The zero-order valence-corrected chi connectivity index (χ0v) is 12.7. The first-order valence-electron chi connectivity index (χ1n) is 6.57.